The highest BCUT2D eigenvalue weighted by atomic mass is 16.6. The molecule has 0 aliphatic carbocycles. The Morgan fingerprint density at radius 1 is 1.18 bits per heavy atom. The third-order valence-electron chi connectivity index (χ3n) is 1.83. The Hall–Kier alpha value is -1.78. The number of carbonyl (C=O) groups excluding carboxylic acids is 2. The smallest absolute Gasteiger partial charge is 0.374 e. The standard InChI is InChI=1S/C12H16O5/c1-4-15-11(13)9-5-6-10(17-9)12(14)16-7-8(2)3/h5-6,8H,4,7H2,1-3H3. The molecule has 0 saturated carbocycles. The van der Waals surface area contributed by atoms with Gasteiger partial charge in [-0.3, -0.25) is 0 Å². The molecule has 0 aliphatic heterocycles. The molecular weight excluding hydrogens is 224 g/mol. The van der Waals surface area contributed by atoms with Crippen molar-refractivity contribution in [1.82, 2.24) is 0 Å². The van der Waals surface area contributed by atoms with Crippen LogP contribution >= 0.6 is 0 Å². The van der Waals surface area contributed by atoms with Gasteiger partial charge >= 0.3 is 11.9 Å². The zero-order chi connectivity index (χ0) is 12.8. The Labute approximate surface area is 99.7 Å². The molecular formula is C12H16O5. The molecule has 1 rings (SSSR count). The molecule has 0 aromatic carbocycles. The summed E-state index contributed by atoms with van der Waals surface area (Å²) < 4.78 is 14.7. The second-order valence-electron chi connectivity index (χ2n) is 3.88. The van der Waals surface area contributed by atoms with E-state index in [1.54, 1.807) is 6.92 Å². The van der Waals surface area contributed by atoms with E-state index in [4.69, 9.17) is 13.9 Å². The van der Waals surface area contributed by atoms with Crippen molar-refractivity contribution in [3.63, 3.8) is 0 Å². The van der Waals surface area contributed by atoms with Crippen molar-refractivity contribution < 1.29 is 23.5 Å². The summed E-state index contributed by atoms with van der Waals surface area (Å²) >= 11 is 0. The lowest BCUT2D eigenvalue weighted by Crippen LogP contribution is -2.09. The van der Waals surface area contributed by atoms with Crippen molar-refractivity contribution in [3.05, 3.63) is 23.7 Å². The maximum Gasteiger partial charge on any atom is 0.374 e. The number of hydrogen-bond donors (Lipinski definition) is 0. The van der Waals surface area contributed by atoms with Gasteiger partial charge < -0.3 is 13.9 Å². The van der Waals surface area contributed by atoms with E-state index in [1.165, 1.54) is 12.1 Å². The van der Waals surface area contributed by atoms with Gasteiger partial charge in [-0.05, 0) is 25.0 Å². The summed E-state index contributed by atoms with van der Waals surface area (Å²) in [6, 6.07) is 2.79. The average Bonchev–Trinajstić information content (AvgIpc) is 2.75. The van der Waals surface area contributed by atoms with Crippen LogP contribution in [0.15, 0.2) is 16.5 Å². The Balaban J connectivity index is 2.61. The van der Waals surface area contributed by atoms with E-state index < -0.39 is 11.9 Å². The maximum absolute atomic E-state index is 11.5. The van der Waals surface area contributed by atoms with E-state index in [1.807, 2.05) is 13.8 Å². The van der Waals surface area contributed by atoms with Gasteiger partial charge in [-0.15, -0.1) is 0 Å². The Bertz CT molecular complexity index is 391. The molecule has 17 heavy (non-hydrogen) atoms. The largest absolute Gasteiger partial charge is 0.460 e. The minimum Gasteiger partial charge on any atom is -0.460 e. The number of esters is 2. The SMILES string of the molecule is CCOC(=O)c1ccc(C(=O)OCC(C)C)o1. The number of rotatable bonds is 5. The molecule has 0 saturated heterocycles. The molecule has 0 bridgehead atoms. The first kappa shape index (κ1) is 13.3. The van der Waals surface area contributed by atoms with Crippen molar-refractivity contribution in [2.75, 3.05) is 13.2 Å². The molecule has 5 heteroatoms. The summed E-state index contributed by atoms with van der Waals surface area (Å²) in [4.78, 5) is 22.8. The fourth-order valence-electron chi connectivity index (χ4n) is 1.07. The van der Waals surface area contributed by atoms with Crippen LogP contribution in [0, 0.1) is 5.92 Å². The van der Waals surface area contributed by atoms with Crippen LogP contribution in [0.5, 0.6) is 0 Å². The Morgan fingerprint density at radius 3 is 2.18 bits per heavy atom. The second-order valence-corrected chi connectivity index (χ2v) is 3.88. The van der Waals surface area contributed by atoms with Gasteiger partial charge in [0.1, 0.15) is 0 Å². The van der Waals surface area contributed by atoms with Crippen LogP contribution in [0.4, 0.5) is 0 Å². The summed E-state index contributed by atoms with van der Waals surface area (Å²) in [5, 5.41) is 0. The molecule has 0 amide bonds. The van der Waals surface area contributed by atoms with Gasteiger partial charge in [0.05, 0.1) is 13.2 Å². The summed E-state index contributed by atoms with van der Waals surface area (Å²) in [5.74, 6) is -0.903. The topological polar surface area (TPSA) is 65.7 Å². The van der Waals surface area contributed by atoms with E-state index >= 15 is 0 Å². The number of carbonyl (C=O) groups is 2. The Morgan fingerprint density at radius 2 is 1.71 bits per heavy atom. The number of hydrogen-bond acceptors (Lipinski definition) is 5. The maximum atomic E-state index is 11.5. The first-order valence-electron chi connectivity index (χ1n) is 5.48. The van der Waals surface area contributed by atoms with E-state index in [-0.39, 0.29) is 24.0 Å². The van der Waals surface area contributed by atoms with Crippen LogP contribution in [-0.4, -0.2) is 25.2 Å². The molecule has 0 unspecified atom stereocenters. The van der Waals surface area contributed by atoms with Crippen molar-refractivity contribution in [3.8, 4) is 0 Å². The second kappa shape index (κ2) is 6.08. The minimum atomic E-state index is -0.588. The molecule has 0 aliphatic rings. The third kappa shape index (κ3) is 3.94. The van der Waals surface area contributed by atoms with Crippen molar-refractivity contribution in [2.24, 2.45) is 5.92 Å². The predicted molar refractivity (Wildman–Crippen MR) is 59.8 cm³/mol. The summed E-state index contributed by atoms with van der Waals surface area (Å²) in [7, 11) is 0. The van der Waals surface area contributed by atoms with Crippen LogP contribution < -0.4 is 0 Å². The lowest BCUT2D eigenvalue weighted by Gasteiger charge is -2.04. The van der Waals surface area contributed by atoms with Gasteiger partial charge in [0.2, 0.25) is 11.5 Å². The van der Waals surface area contributed by atoms with Crippen LogP contribution in [0.1, 0.15) is 41.9 Å². The molecule has 0 fully saturated rings. The van der Waals surface area contributed by atoms with Crippen LogP contribution in [0.3, 0.4) is 0 Å². The van der Waals surface area contributed by atoms with Crippen molar-refractivity contribution in [1.29, 1.82) is 0 Å². The zero-order valence-electron chi connectivity index (χ0n) is 10.2. The molecule has 94 valence electrons. The highest BCUT2D eigenvalue weighted by molar-refractivity contribution is 5.90. The van der Waals surface area contributed by atoms with Crippen molar-refractivity contribution >= 4 is 11.9 Å². The molecule has 0 N–H and O–H groups in total. The number of furan rings is 1. The van der Waals surface area contributed by atoms with Gasteiger partial charge in [-0.1, -0.05) is 13.8 Å². The Kier molecular flexibility index (Phi) is 4.75. The van der Waals surface area contributed by atoms with Gasteiger partial charge in [-0.2, -0.15) is 0 Å². The summed E-state index contributed by atoms with van der Waals surface area (Å²) in [6.07, 6.45) is 0. The van der Waals surface area contributed by atoms with Crippen LogP contribution in [0.2, 0.25) is 0 Å². The van der Waals surface area contributed by atoms with E-state index in [0.717, 1.165) is 0 Å². The van der Waals surface area contributed by atoms with Gasteiger partial charge in [0, 0.05) is 0 Å². The van der Waals surface area contributed by atoms with Gasteiger partial charge in [-0.25, -0.2) is 9.59 Å². The summed E-state index contributed by atoms with van der Waals surface area (Å²) in [5.41, 5.74) is 0. The molecule has 1 heterocycles. The number of ether oxygens (including phenoxy) is 2. The molecule has 1 aromatic rings. The van der Waals surface area contributed by atoms with Crippen LogP contribution in [-0.2, 0) is 9.47 Å². The predicted octanol–water partition coefficient (Wildman–Crippen LogP) is 2.27. The average molecular weight is 240 g/mol. The quantitative estimate of drug-likeness (QED) is 0.738. The molecule has 5 nitrogen and oxygen atoms in total. The van der Waals surface area contributed by atoms with Crippen LogP contribution in [0.25, 0.3) is 0 Å². The highest BCUT2D eigenvalue weighted by Gasteiger charge is 2.17. The monoisotopic (exact) mass is 240 g/mol. The summed E-state index contributed by atoms with van der Waals surface area (Å²) in [6.45, 7) is 6.12. The zero-order valence-corrected chi connectivity index (χ0v) is 10.2. The molecule has 0 atom stereocenters. The van der Waals surface area contributed by atoms with E-state index in [0.29, 0.717) is 6.61 Å². The molecule has 0 spiro atoms. The van der Waals surface area contributed by atoms with Crippen molar-refractivity contribution in [2.45, 2.75) is 20.8 Å². The van der Waals surface area contributed by atoms with E-state index in [9.17, 15) is 9.59 Å². The highest BCUT2D eigenvalue weighted by Crippen LogP contribution is 2.11. The fraction of sp³-hybridized carbons (Fsp3) is 0.500. The molecule has 0 radical (unpaired) electrons. The molecule has 1 aromatic heterocycles. The third-order valence-corrected chi connectivity index (χ3v) is 1.83. The van der Waals surface area contributed by atoms with Gasteiger partial charge in [0.15, 0.2) is 0 Å². The normalized spacial score (nSPS) is 10.4. The van der Waals surface area contributed by atoms with Gasteiger partial charge in [0.25, 0.3) is 0 Å². The first-order chi connectivity index (χ1) is 8.04. The lowest BCUT2D eigenvalue weighted by molar-refractivity contribution is 0.0408. The fourth-order valence-corrected chi connectivity index (χ4v) is 1.07. The minimum absolute atomic E-state index is 0.00310. The first-order valence-corrected chi connectivity index (χ1v) is 5.48. The van der Waals surface area contributed by atoms with E-state index in [2.05, 4.69) is 0 Å². The lowest BCUT2D eigenvalue weighted by atomic mass is 10.2.